The number of hydrogen-bond donors (Lipinski definition) is 1. The average molecular weight is 211 g/mol. The number of aromatic nitrogens is 1. The van der Waals surface area contributed by atoms with Crippen LogP contribution in [0, 0.1) is 17.2 Å². The van der Waals surface area contributed by atoms with Crippen LogP contribution in [-0.2, 0) is 0 Å². The number of pyridine rings is 1. The highest BCUT2D eigenvalue weighted by Crippen LogP contribution is 2.36. The Kier molecular flexibility index (Phi) is 2.23. The third-order valence-electron chi connectivity index (χ3n) is 3.50. The maximum absolute atomic E-state index is 8.84. The van der Waals surface area contributed by atoms with E-state index in [4.69, 9.17) is 5.26 Å². The molecule has 2 aliphatic rings. The van der Waals surface area contributed by atoms with Crippen LogP contribution in [0.1, 0.15) is 24.0 Å². The van der Waals surface area contributed by atoms with Crippen molar-refractivity contribution in [2.75, 3.05) is 6.54 Å². The molecule has 0 aromatic carbocycles. The topological polar surface area (TPSA) is 48.7 Å². The molecule has 0 amide bonds. The van der Waals surface area contributed by atoms with Crippen molar-refractivity contribution in [3.05, 3.63) is 35.7 Å². The van der Waals surface area contributed by atoms with Gasteiger partial charge in [0.2, 0.25) is 0 Å². The zero-order chi connectivity index (χ0) is 11.0. The summed E-state index contributed by atoms with van der Waals surface area (Å²) < 4.78 is 0. The summed E-state index contributed by atoms with van der Waals surface area (Å²) >= 11 is 0. The fourth-order valence-corrected chi connectivity index (χ4v) is 2.66. The highest BCUT2D eigenvalue weighted by Gasteiger charge is 2.31. The zero-order valence-electron chi connectivity index (χ0n) is 8.98. The van der Waals surface area contributed by atoms with Crippen molar-refractivity contribution < 1.29 is 0 Å². The lowest BCUT2D eigenvalue weighted by molar-refractivity contribution is 0.553. The highest BCUT2D eigenvalue weighted by molar-refractivity contribution is 5.69. The van der Waals surface area contributed by atoms with E-state index in [-0.39, 0.29) is 0 Å². The van der Waals surface area contributed by atoms with Gasteiger partial charge in [-0.3, -0.25) is 4.98 Å². The third-order valence-corrected chi connectivity index (χ3v) is 3.50. The van der Waals surface area contributed by atoms with E-state index in [0.717, 1.165) is 24.4 Å². The molecule has 1 N–H and O–H groups in total. The van der Waals surface area contributed by atoms with Gasteiger partial charge in [-0.15, -0.1) is 0 Å². The normalized spacial score (nSPS) is 27.3. The van der Waals surface area contributed by atoms with Crippen molar-refractivity contribution in [3.8, 4) is 6.07 Å². The molecule has 0 bridgehead atoms. The Bertz CT molecular complexity index is 484. The first kappa shape index (κ1) is 9.56. The summed E-state index contributed by atoms with van der Waals surface area (Å²) in [6, 6.07) is 4.61. The van der Waals surface area contributed by atoms with Gasteiger partial charge in [-0.2, -0.15) is 5.26 Å². The summed E-state index contributed by atoms with van der Waals surface area (Å²) in [4.78, 5) is 4.11. The first-order chi connectivity index (χ1) is 7.86. The predicted molar refractivity (Wildman–Crippen MR) is 61.4 cm³/mol. The molecule has 0 radical (unpaired) electrons. The van der Waals surface area contributed by atoms with Gasteiger partial charge in [0.25, 0.3) is 0 Å². The molecule has 3 rings (SSSR count). The number of nitrogens with zero attached hydrogens (tertiary/aromatic N) is 2. The molecule has 3 heteroatoms. The van der Waals surface area contributed by atoms with Gasteiger partial charge >= 0.3 is 0 Å². The van der Waals surface area contributed by atoms with Gasteiger partial charge < -0.3 is 5.32 Å². The molecule has 0 saturated carbocycles. The molecule has 2 heterocycles. The summed E-state index contributed by atoms with van der Waals surface area (Å²) in [6.07, 6.45) is 8.14. The van der Waals surface area contributed by atoms with E-state index in [1.54, 1.807) is 6.20 Å². The molecule has 80 valence electrons. The minimum atomic E-state index is 0.542. The first-order valence-corrected chi connectivity index (χ1v) is 5.66. The quantitative estimate of drug-likeness (QED) is 0.769. The smallest absolute Gasteiger partial charge is 0.101 e. The van der Waals surface area contributed by atoms with Gasteiger partial charge in [-0.1, -0.05) is 6.08 Å². The molecule has 2 atom stereocenters. The van der Waals surface area contributed by atoms with Crippen molar-refractivity contribution in [3.63, 3.8) is 0 Å². The Labute approximate surface area is 94.8 Å². The lowest BCUT2D eigenvalue weighted by atomic mass is 9.99. The Morgan fingerprint density at radius 2 is 2.38 bits per heavy atom. The number of fused-ring (bicyclic) bond motifs is 1. The Morgan fingerprint density at radius 3 is 3.19 bits per heavy atom. The van der Waals surface area contributed by atoms with Crippen molar-refractivity contribution in [2.24, 2.45) is 5.92 Å². The summed E-state index contributed by atoms with van der Waals surface area (Å²) in [6.45, 7) is 1.13. The number of rotatable bonds is 1. The third kappa shape index (κ3) is 1.52. The van der Waals surface area contributed by atoms with Crippen LogP contribution < -0.4 is 5.32 Å². The number of nitrogens with one attached hydrogen (secondary N) is 1. The van der Waals surface area contributed by atoms with Gasteiger partial charge in [-0.05, 0) is 42.5 Å². The zero-order valence-corrected chi connectivity index (χ0v) is 8.98. The molecule has 3 nitrogen and oxygen atoms in total. The van der Waals surface area contributed by atoms with Crippen molar-refractivity contribution >= 4 is 5.57 Å². The largest absolute Gasteiger partial charge is 0.310 e. The number of allylic oxidation sites excluding steroid dienone is 1. The molecule has 1 aliphatic carbocycles. The molecule has 1 fully saturated rings. The minimum absolute atomic E-state index is 0.542. The van der Waals surface area contributed by atoms with Crippen molar-refractivity contribution in [2.45, 2.75) is 18.9 Å². The molecule has 1 aromatic heterocycles. The summed E-state index contributed by atoms with van der Waals surface area (Å²) in [5.74, 6) is 0.751. The van der Waals surface area contributed by atoms with Crippen LogP contribution in [0.15, 0.2) is 24.5 Å². The Balaban J connectivity index is 1.91. The molecule has 0 spiro atoms. The van der Waals surface area contributed by atoms with E-state index in [0.29, 0.717) is 11.6 Å². The summed E-state index contributed by atoms with van der Waals surface area (Å²) in [7, 11) is 0. The van der Waals surface area contributed by atoms with Crippen LogP contribution >= 0.6 is 0 Å². The van der Waals surface area contributed by atoms with E-state index >= 15 is 0 Å². The van der Waals surface area contributed by atoms with E-state index in [9.17, 15) is 0 Å². The minimum Gasteiger partial charge on any atom is -0.310 e. The monoisotopic (exact) mass is 211 g/mol. The SMILES string of the molecule is N#Cc1cncc(C2=CC3NCCC3C2)c1. The van der Waals surface area contributed by atoms with Crippen molar-refractivity contribution in [1.82, 2.24) is 10.3 Å². The van der Waals surface area contributed by atoms with Crippen LogP contribution in [-0.4, -0.2) is 17.6 Å². The lowest BCUT2D eigenvalue weighted by Crippen LogP contribution is -2.20. The fraction of sp³-hybridized carbons (Fsp3) is 0.385. The van der Waals surface area contributed by atoms with Gasteiger partial charge in [0.1, 0.15) is 6.07 Å². The maximum Gasteiger partial charge on any atom is 0.101 e. The molecule has 1 aliphatic heterocycles. The Hall–Kier alpha value is -1.66. The fourth-order valence-electron chi connectivity index (χ4n) is 2.66. The van der Waals surface area contributed by atoms with Crippen LogP contribution in [0.25, 0.3) is 5.57 Å². The van der Waals surface area contributed by atoms with Crippen LogP contribution in [0.4, 0.5) is 0 Å². The van der Waals surface area contributed by atoms with Crippen LogP contribution in [0.3, 0.4) is 0 Å². The second-order valence-corrected chi connectivity index (χ2v) is 4.50. The second-order valence-electron chi connectivity index (χ2n) is 4.50. The van der Waals surface area contributed by atoms with E-state index < -0.39 is 0 Å². The summed E-state index contributed by atoms with van der Waals surface area (Å²) in [5, 5.41) is 12.3. The molecule has 2 unspecified atom stereocenters. The van der Waals surface area contributed by atoms with E-state index in [2.05, 4.69) is 22.4 Å². The van der Waals surface area contributed by atoms with Crippen LogP contribution in [0.5, 0.6) is 0 Å². The summed E-state index contributed by atoms with van der Waals surface area (Å²) in [5.41, 5.74) is 3.09. The van der Waals surface area contributed by atoms with Crippen LogP contribution in [0.2, 0.25) is 0 Å². The average Bonchev–Trinajstić information content (AvgIpc) is 2.89. The van der Waals surface area contributed by atoms with Gasteiger partial charge in [0.05, 0.1) is 5.56 Å². The maximum atomic E-state index is 8.84. The van der Waals surface area contributed by atoms with Crippen molar-refractivity contribution in [1.29, 1.82) is 5.26 Å². The number of nitriles is 1. The predicted octanol–water partition coefficient (Wildman–Crippen LogP) is 1.72. The van der Waals surface area contributed by atoms with Gasteiger partial charge in [-0.25, -0.2) is 0 Å². The van der Waals surface area contributed by atoms with Gasteiger partial charge in [0, 0.05) is 18.4 Å². The Morgan fingerprint density at radius 1 is 1.44 bits per heavy atom. The van der Waals surface area contributed by atoms with E-state index in [1.165, 1.54) is 12.0 Å². The second kappa shape index (κ2) is 3.73. The van der Waals surface area contributed by atoms with Gasteiger partial charge in [0.15, 0.2) is 0 Å². The molecule has 16 heavy (non-hydrogen) atoms. The first-order valence-electron chi connectivity index (χ1n) is 5.66. The molecule has 1 aromatic rings. The highest BCUT2D eigenvalue weighted by atomic mass is 15.0. The standard InChI is InChI=1S/C13H13N3/c14-6-9-3-12(8-15-7-9)11-4-10-1-2-16-13(10)5-11/h3,5,7-8,10,13,16H,1-2,4H2. The van der Waals surface area contributed by atoms with E-state index in [1.807, 2.05) is 12.3 Å². The molecular formula is C13H13N3. The lowest BCUT2D eigenvalue weighted by Gasteiger charge is -2.06. The molecule has 1 saturated heterocycles. The number of hydrogen-bond acceptors (Lipinski definition) is 3. The molecular weight excluding hydrogens is 198 g/mol.